The number of hydrogen-bond acceptors (Lipinski definition) is 2. The van der Waals surface area contributed by atoms with Gasteiger partial charge in [-0.15, -0.1) is 12.4 Å². The number of carbonyl (C=O) groups is 1. The third-order valence-electron chi connectivity index (χ3n) is 2.28. The van der Waals surface area contributed by atoms with Crippen LogP contribution in [0.4, 0.5) is 0 Å². The molecule has 0 spiro atoms. The Kier molecular flexibility index (Phi) is 5.75. The highest BCUT2D eigenvalue weighted by Crippen LogP contribution is 2.17. The summed E-state index contributed by atoms with van der Waals surface area (Å²) in [6.45, 7) is 0. The first-order valence-corrected chi connectivity index (χ1v) is 4.37. The summed E-state index contributed by atoms with van der Waals surface area (Å²) in [6, 6.07) is -0.303. The molecular weight excluding hydrogens is 190 g/mol. The van der Waals surface area contributed by atoms with Crippen molar-refractivity contribution < 1.29 is 9.90 Å². The molecule has 0 saturated carbocycles. The van der Waals surface area contributed by atoms with Crippen LogP contribution in [0.15, 0.2) is 12.2 Å². The standard InChI is InChI=1S/C9H15NO2.ClH/c10-8-6-4-2-1-3-5-7(8)9(11)12;/h4,6-8H,1-3,5,10H2,(H,11,12);1H/t7-,8-;/m0./s1. The number of hydrogen-bond donors (Lipinski definition) is 2. The summed E-state index contributed by atoms with van der Waals surface area (Å²) in [5.41, 5.74) is 5.68. The summed E-state index contributed by atoms with van der Waals surface area (Å²) in [7, 11) is 0. The Hall–Kier alpha value is -0.540. The maximum atomic E-state index is 10.7. The zero-order valence-corrected chi connectivity index (χ0v) is 8.30. The fraction of sp³-hybridized carbons (Fsp3) is 0.667. The van der Waals surface area contributed by atoms with Crippen LogP contribution in [0.3, 0.4) is 0 Å². The Morgan fingerprint density at radius 1 is 1.46 bits per heavy atom. The summed E-state index contributed by atoms with van der Waals surface area (Å²) in [5, 5.41) is 8.81. The molecule has 1 aliphatic rings. The summed E-state index contributed by atoms with van der Waals surface area (Å²) < 4.78 is 0. The molecule has 1 rings (SSSR count). The normalized spacial score (nSPS) is 28.4. The Bertz CT molecular complexity index is 194. The molecule has 0 radical (unpaired) electrons. The lowest BCUT2D eigenvalue weighted by atomic mass is 9.91. The molecule has 0 unspecified atom stereocenters. The molecule has 2 atom stereocenters. The summed E-state index contributed by atoms with van der Waals surface area (Å²) in [5.74, 6) is -1.16. The van der Waals surface area contributed by atoms with E-state index in [1.807, 2.05) is 12.2 Å². The minimum absolute atomic E-state index is 0. The molecule has 13 heavy (non-hydrogen) atoms. The van der Waals surface area contributed by atoms with Crippen LogP contribution in [0.5, 0.6) is 0 Å². The average Bonchev–Trinajstić information content (AvgIpc) is 1.96. The van der Waals surface area contributed by atoms with Gasteiger partial charge in [-0.1, -0.05) is 18.6 Å². The minimum atomic E-state index is -0.769. The lowest BCUT2D eigenvalue weighted by Gasteiger charge is -2.18. The van der Waals surface area contributed by atoms with E-state index in [1.54, 1.807) is 0 Å². The van der Waals surface area contributed by atoms with Gasteiger partial charge in [-0.3, -0.25) is 4.79 Å². The van der Waals surface area contributed by atoms with Gasteiger partial charge in [0, 0.05) is 6.04 Å². The fourth-order valence-corrected chi connectivity index (χ4v) is 1.49. The molecule has 0 fully saturated rings. The topological polar surface area (TPSA) is 63.3 Å². The van der Waals surface area contributed by atoms with E-state index in [0.29, 0.717) is 6.42 Å². The molecule has 0 heterocycles. The molecule has 3 nitrogen and oxygen atoms in total. The highest BCUT2D eigenvalue weighted by molar-refractivity contribution is 5.85. The van der Waals surface area contributed by atoms with Gasteiger partial charge in [0.1, 0.15) is 0 Å². The van der Waals surface area contributed by atoms with Crippen molar-refractivity contribution in [2.45, 2.75) is 31.7 Å². The number of carboxylic acids is 1. The first-order valence-electron chi connectivity index (χ1n) is 4.37. The number of aliphatic carboxylic acids is 1. The predicted molar refractivity (Wildman–Crippen MR) is 54.0 cm³/mol. The van der Waals surface area contributed by atoms with Crippen molar-refractivity contribution in [1.29, 1.82) is 0 Å². The van der Waals surface area contributed by atoms with Gasteiger partial charge in [-0.05, 0) is 19.3 Å². The van der Waals surface area contributed by atoms with Gasteiger partial charge in [0.2, 0.25) is 0 Å². The summed E-state index contributed by atoms with van der Waals surface area (Å²) >= 11 is 0. The molecule has 3 N–H and O–H groups in total. The first-order chi connectivity index (χ1) is 5.72. The molecule has 0 saturated heterocycles. The van der Waals surface area contributed by atoms with E-state index < -0.39 is 5.97 Å². The fourth-order valence-electron chi connectivity index (χ4n) is 1.49. The van der Waals surface area contributed by atoms with Crippen LogP contribution in [0.2, 0.25) is 0 Å². The number of rotatable bonds is 1. The minimum Gasteiger partial charge on any atom is -0.481 e. The van der Waals surface area contributed by atoms with Gasteiger partial charge in [0.25, 0.3) is 0 Å². The van der Waals surface area contributed by atoms with Crippen molar-refractivity contribution in [3.8, 4) is 0 Å². The zero-order valence-electron chi connectivity index (χ0n) is 7.48. The van der Waals surface area contributed by atoms with Crippen molar-refractivity contribution in [3.63, 3.8) is 0 Å². The molecule has 0 bridgehead atoms. The third kappa shape index (κ3) is 3.79. The number of halogens is 1. The maximum absolute atomic E-state index is 10.7. The zero-order chi connectivity index (χ0) is 8.97. The van der Waals surface area contributed by atoms with E-state index in [1.165, 1.54) is 0 Å². The molecule has 76 valence electrons. The lowest BCUT2D eigenvalue weighted by molar-refractivity contribution is -0.142. The quantitative estimate of drug-likeness (QED) is 0.639. The molecular formula is C9H16ClNO2. The SMILES string of the molecule is Cl.N[C@H]1C=CCCCC[C@@H]1C(=O)O. The molecule has 4 heteroatoms. The molecule has 0 aromatic carbocycles. The Balaban J connectivity index is 0.00000144. The molecule has 0 aromatic rings. The molecule has 0 amide bonds. The van der Waals surface area contributed by atoms with Crippen LogP contribution < -0.4 is 5.73 Å². The van der Waals surface area contributed by atoms with E-state index in [9.17, 15) is 4.79 Å². The van der Waals surface area contributed by atoms with Gasteiger partial charge in [-0.2, -0.15) is 0 Å². The van der Waals surface area contributed by atoms with Crippen molar-refractivity contribution in [3.05, 3.63) is 12.2 Å². The van der Waals surface area contributed by atoms with E-state index in [-0.39, 0.29) is 24.4 Å². The number of allylic oxidation sites excluding steroid dienone is 1. The monoisotopic (exact) mass is 205 g/mol. The van der Waals surface area contributed by atoms with Crippen molar-refractivity contribution in [1.82, 2.24) is 0 Å². The third-order valence-corrected chi connectivity index (χ3v) is 2.28. The Morgan fingerprint density at radius 2 is 2.15 bits per heavy atom. The maximum Gasteiger partial charge on any atom is 0.308 e. The average molecular weight is 206 g/mol. The highest BCUT2D eigenvalue weighted by Gasteiger charge is 2.23. The van der Waals surface area contributed by atoms with Crippen LogP contribution in [-0.2, 0) is 4.79 Å². The van der Waals surface area contributed by atoms with Gasteiger partial charge in [0.05, 0.1) is 5.92 Å². The van der Waals surface area contributed by atoms with E-state index in [4.69, 9.17) is 10.8 Å². The second kappa shape index (κ2) is 6.00. The van der Waals surface area contributed by atoms with Gasteiger partial charge in [0.15, 0.2) is 0 Å². The van der Waals surface area contributed by atoms with Crippen molar-refractivity contribution >= 4 is 18.4 Å². The second-order valence-electron chi connectivity index (χ2n) is 3.23. The number of carboxylic acid groups (broad SMARTS) is 1. The Labute approximate surface area is 84.4 Å². The van der Waals surface area contributed by atoms with Gasteiger partial charge >= 0.3 is 5.97 Å². The van der Waals surface area contributed by atoms with Crippen molar-refractivity contribution in [2.75, 3.05) is 0 Å². The van der Waals surface area contributed by atoms with Crippen LogP contribution >= 0.6 is 12.4 Å². The van der Waals surface area contributed by atoms with Crippen LogP contribution in [-0.4, -0.2) is 17.1 Å². The smallest absolute Gasteiger partial charge is 0.308 e. The molecule has 0 aliphatic heterocycles. The van der Waals surface area contributed by atoms with E-state index in [2.05, 4.69) is 0 Å². The number of nitrogens with two attached hydrogens (primary N) is 1. The van der Waals surface area contributed by atoms with Gasteiger partial charge in [-0.25, -0.2) is 0 Å². The van der Waals surface area contributed by atoms with Crippen LogP contribution in [0, 0.1) is 5.92 Å². The predicted octanol–water partition coefficient (Wildman–Crippen LogP) is 1.57. The summed E-state index contributed by atoms with van der Waals surface area (Å²) in [4.78, 5) is 10.7. The van der Waals surface area contributed by atoms with E-state index >= 15 is 0 Å². The van der Waals surface area contributed by atoms with Crippen LogP contribution in [0.1, 0.15) is 25.7 Å². The lowest BCUT2D eigenvalue weighted by Crippen LogP contribution is -2.34. The summed E-state index contributed by atoms with van der Waals surface area (Å²) in [6.07, 6.45) is 7.58. The van der Waals surface area contributed by atoms with E-state index in [0.717, 1.165) is 19.3 Å². The van der Waals surface area contributed by atoms with Crippen LogP contribution in [0.25, 0.3) is 0 Å². The largest absolute Gasteiger partial charge is 0.481 e. The van der Waals surface area contributed by atoms with Crippen molar-refractivity contribution in [2.24, 2.45) is 11.7 Å². The highest BCUT2D eigenvalue weighted by atomic mass is 35.5. The Morgan fingerprint density at radius 3 is 2.77 bits per heavy atom. The molecule has 0 aromatic heterocycles. The molecule has 1 aliphatic carbocycles. The first kappa shape index (κ1) is 12.5. The second-order valence-corrected chi connectivity index (χ2v) is 3.23. The van der Waals surface area contributed by atoms with Gasteiger partial charge < -0.3 is 10.8 Å².